The molecule has 0 atom stereocenters. The third-order valence-electron chi connectivity index (χ3n) is 1.39. The Hall–Kier alpha value is -0.220. The van der Waals surface area contributed by atoms with Crippen molar-refractivity contribution in [2.45, 2.75) is 0 Å². The molecule has 11 heavy (non-hydrogen) atoms. The van der Waals surface area contributed by atoms with Crippen LogP contribution < -0.4 is 10.6 Å². The normalized spacial score (nSPS) is 14.8. The van der Waals surface area contributed by atoms with Crippen LogP contribution in [0.4, 0.5) is 0 Å². The molecule has 1 aromatic rings. The highest BCUT2D eigenvalue weighted by Crippen LogP contribution is 2.08. The third kappa shape index (κ3) is 1.51. The Kier molecular flexibility index (Phi) is 2.05. The van der Waals surface area contributed by atoms with Gasteiger partial charge < -0.3 is 0 Å². The van der Waals surface area contributed by atoms with Gasteiger partial charge in [0, 0.05) is 11.4 Å². The summed E-state index contributed by atoms with van der Waals surface area (Å²) in [5, 5.41) is 2.23. The Morgan fingerprint density at radius 3 is 3.27 bits per heavy atom. The van der Waals surface area contributed by atoms with Crippen molar-refractivity contribution < 1.29 is 0 Å². The third-order valence-corrected chi connectivity index (χ3v) is 3.94. The van der Waals surface area contributed by atoms with E-state index in [4.69, 9.17) is 11.6 Å². The van der Waals surface area contributed by atoms with Crippen LogP contribution in [0.1, 0.15) is 0 Å². The molecule has 0 saturated carbocycles. The number of aromatic nitrogens is 1. The molecule has 2 rings (SSSR count). The lowest BCUT2D eigenvalue weighted by Gasteiger charge is -1.93. The maximum atomic E-state index is 5.88. The molecule has 0 unspecified atom stereocenters. The van der Waals surface area contributed by atoms with Crippen LogP contribution in [-0.2, 0) is 0 Å². The van der Waals surface area contributed by atoms with Crippen LogP contribution in [0.2, 0.25) is 0 Å². The van der Waals surface area contributed by atoms with Gasteiger partial charge in [-0.05, 0) is 16.2 Å². The number of hydrogen-bond donors (Lipinski definition) is 0. The van der Waals surface area contributed by atoms with Crippen molar-refractivity contribution in [3.63, 3.8) is 0 Å². The van der Waals surface area contributed by atoms with Gasteiger partial charge in [0.05, 0.1) is 8.32 Å². The Morgan fingerprint density at radius 2 is 2.36 bits per heavy atom. The fourth-order valence-electron chi connectivity index (χ4n) is 0.889. The summed E-state index contributed by atoms with van der Waals surface area (Å²) in [4.78, 5) is 4.20. The molecule has 0 aliphatic carbocycles. The van der Waals surface area contributed by atoms with Gasteiger partial charge in [-0.1, -0.05) is 38.4 Å². The van der Waals surface area contributed by atoms with Crippen LogP contribution in [0, 0.1) is 0 Å². The molecule has 56 valence electrons. The van der Waals surface area contributed by atoms with Crippen LogP contribution in [-0.4, -0.2) is 7.95 Å². The van der Waals surface area contributed by atoms with Crippen molar-refractivity contribution in [3.05, 3.63) is 28.9 Å². The summed E-state index contributed by atoms with van der Waals surface area (Å²) in [5.74, 6) is 0. The van der Waals surface area contributed by atoms with Crippen LogP contribution in [0.3, 0.4) is 0 Å². The van der Waals surface area contributed by atoms with E-state index >= 15 is 0 Å². The summed E-state index contributed by atoms with van der Waals surface area (Å²) in [5.41, 5.74) is 0. The van der Waals surface area contributed by atoms with Crippen molar-refractivity contribution in [2.24, 2.45) is 0 Å². The van der Waals surface area contributed by atoms with Gasteiger partial charge in [0.25, 0.3) is 0 Å². The quantitative estimate of drug-likeness (QED) is 0.644. The standard InChI is InChI=1S/C8H5ClIN/c9-8-4-7-6(5-10-8)2-1-3-11-7/h1-5H. The second kappa shape index (κ2) is 3.03. The number of fused-ring (bicyclic) bond motifs is 1. The summed E-state index contributed by atoms with van der Waals surface area (Å²) < 4.78 is 3.17. The molecule has 2 heterocycles. The molecule has 0 radical (unpaired) electrons. The Labute approximate surface area is 79.2 Å². The minimum absolute atomic E-state index is 0.0755. The Morgan fingerprint density at radius 1 is 1.45 bits per heavy atom. The minimum Gasteiger partial charge on any atom is -0.256 e. The SMILES string of the molecule is ClC1=IC=c2cccnc2=C1. The summed E-state index contributed by atoms with van der Waals surface area (Å²) in [6.07, 6.45) is 3.75. The lowest BCUT2D eigenvalue weighted by Crippen LogP contribution is -2.28. The summed E-state index contributed by atoms with van der Waals surface area (Å²) in [6, 6.07) is 4.02. The average Bonchev–Trinajstić information content (AvgIpc) is 2.04. The van der Waals surface area contributed by atoms with Gasteiger partial charge in [0.2, 0.25) is 0 Å². The van der Waals surface area contributed by atoms with Gasteiger partial charge in [-0.15, -0.1) is 0 Å². The molecular formula is C8H5ClIN. The predicted molar refractivity (Wildman–Crippen MR) is 57.3 cm³/mol. The zero-order chi connectivity index (χ0) is 7.68. The number of nitrogens with zero attached hydrogens (tertiary/aromatic N) is 1. The van der Waals surface area contributed by atoms with Gasteiger partial charge in [0.15, 0.2) is 0 Å². The Bertz CT molecular complexity index is 422. The molecule has 0 N–H and O–H groups in total. The maximum absolute atomic E-state index is 5.88. The van der Waals surface area contributed by atoms with E-state index in [1.165, 1.54) is 5.22 Å². The lowest BCUT2D eigenvalue weighted by molar-refractivity contribution is 1.23. The molecule has 0 fully saturated rings. The second-order valence-electron chi connectivity index (χ2n) is 2.13. The number of hydrogen-bond acceptors (Lipinski definition) is 1. The Balaban J connectivity index is 2.83. The highest BCUT2D eigenvalue weighted by molar-refractivity contribution is 14.2. The van der Waals surface area contributed by atoms with E-state index < -0.39 is 0 Å². The monoisotopic (exact) mass is 277 g/mol. The summed E-state index contributed by atoms with van der Waals surface area (Å²) >= 11 is 5.81. The van der Waals surface area contributed by atoms with Gasteiger partial charge in [-0.3, -0.25) is 4.98 Å². The van der Waals surface area contributed by atoms with Crippen LogP contribution >= 0.6 is 32.3 Å². The lowest BCUT2D eigenvalue weighted by atomic mass is 10.3. The first-order valence-corrected chi connectivity index (χ1v) is 5.85. The van der Waals surface area contributed by atoms with Crippen molar-refractivity contribution in [2.75, 3.05) is 0 Å². The average molecular weight is 277 g/mol. The van der Waals surface area contributed by atoms with Gasteiger partial charge in [-0.25, -0.2) is 0 Å². The molecule has 0 bridgehead atoms. The smallest absolute Gasteiger partial charge is 0.0756 e. The van der Waals surface area contributed by atoms with E-state index in [1.807, 2.05) is 12.1 Å². The minimum atomic E-state index is -0.0755. The molecule has 1 aromatic heterocycles. The second-order valence-corrected chi connectivity index (χ2v) is 5.58. The topological polar surface area (TPSA) is 12.9 Å². The molecule has 0 aromatic carbocycles. The van der Waals surface area contributed by atoms with Crippen LogP contribution in [0.5, 0.6) is 0 Å². The van der Waals surface area contributed by atoms with E-state index in [0.717, 1.165) is 8.32 Å². The fraction of sp³-hybridized carbons (Fsp3) is 0. The van der Waals surface area contributed by atoms with Gasteiger partial charge >= 0.3 is 0 Å². The van der Waals surface area contributed by atoms with Crippen molar-refractivity contribution in [1.29, 1.82) is 0 Å². The molecule has 3 heteroatoms. The molecule has 1 nitrogen and oxygen atoms in total. The molecule has 1 aliphatic heterocycles. The summed E-state index contributed by atoms with van der Waals surface area (Å²) in [7, 11) is 0. The van der Waals surface area contributed by atoms with E-state index in [0.29, 0.717) is 0 Å². The van der Waals surface area contributed by atoms with Crippen molar-refractivity contribution in [3.8, 4) is 0 Å². The van der Waals surface area contributed by atoms with Crippen molar-refractivity contribution in [1.82, 2.24) is 4.98 Å². The molecular weight excluding hydrogens is 272 g/mol. The van der Waals surface area contributed by atoms with Crippen LogP contribution in [0.25, 0.3) is 10.2 Å². The fourth-order valence-corrected chi connectivity index (χ4v) is 2.90. The van der Waals surface area contributed by atoms with E-state index in [-0.39, 0.29) is 20.7 Å². The molecule has 1 aliphatic rings. The molecule has 0 amide bonds. The number of rotatable bonds is 0. The maximum Gasteiger partial charge on any atom is 0.0756 e. The van der Waals surface area contributed by atoms with E-state index in [9.17, 15) is 0 Å². The first-order valence-electron chi connectivity index (χ1n) is 3.15. The van der Waals surface area contributed by atoms with E-state index in [1.54, 1.807) is 6.20 Å². The largest absolute Gasteiger partial charge is 0.256 e. The first-order chi connectivity index (χ1) is 5.36. The van der Waals surface area contributed by atoms with E-state index in [2.05, 4.69) is 15.1 Å². The highest BCUT2D eigenvalue weighted by atomic mass is 127. The molecule has 0 saturated heterocycles. The zero-order valence-corrected chi connectivity index (χ0v) is 8.50. The van der Waals surface area contributed by atoms with Gasteiger partial charge in [0.1, 0.15) is 0 Å². The highest BCUT2D eigenvalue weighted by Gasteiger charge is 1.93. The summed E-state index contributed by atoms with van der Waals surface area (Å²) in [6.45, 7) is 0. The van der Waals surface area contributed by atoms with Gasteiger partial charge in [-0.2, -0.15) is 0 Å². The van der Waals surface area contributed by atoms with Crippen molar-refractivity contribution >= 4 is 45.5 Å². The predicted octanol–water partition coefficient (Wildman–Crippen LogP) is 0.953. The zero-order valence-electron chi connectivity index (χ0n) is 5.59. The molecule has 0 spiro atoms. The first kappa shape index (κ1) is 7.43. The van der Waals surface area contributed by atoms with Crippen LogP contribution in [0.15, 0.2) is 18.3 Å². The number of pyridine rings is 1. The number of halogens is 2.